The molecule has 0 radical (unpaired) electrons. The number of amides is 1. The molecular formula is C42H69N5O10. The van der Waals surface area contributed by atoms with E-state index in [0.29, 0.717) is 37.9 Å². The molecule has 322 valence electrons. The number of nitrogens with zero attached hydrogens (tertiary/aromatic N) is 4. The highest BCUT2D eigenvalue weighted by atomic mass is 16.7. The van der Waals surface area contributed by atoms with E-state index in [9.17, 15) is 29.4 Å². The SMILES string of the molecule is CC[C@@H]1C[C@H](N(CCCCN(C)/C=C(\N)c2cccnc2)C(=O)O)[C@@H](C)C(=O)[C@H](C)C[C@](C)(OC)[C@H](O[C@@H]2O[C@H](C)C[C@H](N(C)C)[C@H]2O)[C@@H](C)C(=O)[C@@H](C)C(=O)O1. The minimum atomic E-state index is -1.29. The second kappa shape index (κ2) is 21.4. The third kappa shape index (κ3) is 12.4. The normalized spacial score (nSPS) is 33.7. The van der Waals surface area contributed by atoms with E-state index in [1.165, 1.54) is 18.9 Å². The van der Waals surface area contributed by atoms with Gasteiger partial charge in [0.2, 0.25) is 0 Å². The summed E-state index contributed by atoms with van der Waals surface area (Å²) in [5, 5.41) is 22.0. The zero-order valence-electron chi connectivity index (χ0n) is 35.9. The highest BCUT2D eigenvalue weighted by Crippen LogP contribution is 2.38. The first kappa shape index (κ1) is 47.7. The lowest BCUT2D eigenvalue weighted by atomic mass is 9.75. The lowest BCUT2D eigenvalue weighted by Gasteiger charge is -2.47. The average Bonchev–Trinajstić information content (AvgIpc) is 3.17. The van der Waals surface area contributed by atoms with E-state index in [4.69, 9.17) is 24.7 Å². The Morgan fingerprint density at radius 2 is 1.70 bits per heavy atom. The summed E-state index contributed by atoms with van der Waals surface area (Å²) in [6.45, 7) is 12.8. The van der Waals surface area contributed by atoms with Gasteiger partial charge in [-0.1, -0.05) is 27.7 Å². The molecule has 0 unspecified atom stereocenters. The number of cyclic esters (lactones) is 1. The van der Waals surface area contributed by atoms with Gasteiger partial charge in [0.25, 0.3) is 0 Å². The van der Waals surface area contributed by atoms with Gasteiger partial charge in [-0.3, -0.25) is 19.4 Å². The van der Waals surface area contributed by atoms with Crippen LogP contribution in [0.1, 0.15) is 92.6 Å². The summed E-state index contributed by atoms with van der Waals surface area (Å²) in [7, 11) is 7.08. The average molecular weight is 804 g/mol. The Labute approximate surface area is 339 Å². The minimum absolute atomic E-state index is 0.0737. The fraction of sp³-hybridized carbons (Fsp3) is 0.738. The van der Waals surface area contributed by atoms with Crippen LogP contribution in [0.3, 0.4) is 0 Å². The maximum atomic E-state index is 14.5. The van der Waals surface area contributed by atoms with E-state index < -0.39 is 77.8 Å². The molecule has 15 heteroatoms. The number of carbonyl (C=O) groups excluding carboxylic acids is 3. The third-order valence-electron chi connectivity index (χ3n) is 11.9. The van der Waals surface area contributed by atoms with E-state index in [1.807, 2.05) is 57.1 Å². The number of pyridine rings is 1. The van der Waals surface area contributed by atoms with Crippen LogP contribution >= 0.6 is 0 Å². The second-order valence-corrected chi connectivity index (χ2v) is 16.6. The summed E-state index contributed by atoms with van der Waals surface area (Å²) in [4.78, 5) is 64.5. The summed E-state index contributed by atoms with van der Waals surface area (Å²) in [5.74, 6) is -5.01. The molecule has 15 nitrogen and oxygen atoms in total. The van der Waals surface area contributed by atoms with Gasteiger partial charge >= 0.3 is 12.1 Å². The van der Waals surface area contributed by atoms with Crippen LogP contribution in [0.4, 0.5) is 4.79 Å². The number of carboxylic acid groups (broad SMARTS) is 1. The monoisotopic (exact) mass is 804 g/mol. The van der Waals surface area contributed by atoms with Crippen molar-refractivity contribution in [3.63, 3.8) is 0 Å². The largest absolute Gasteiger partial charge is 0.465 e. The van der Waals surface area contributed by atoms with Crippen LogP contribution < -0.4 is 5.73 Å². The zero-order chi connectivity index (χ0) is 42.8. The number of likely N-dealkylation sites (N-methyl/N-ethyl adjacent to an activating group) is 1. The molecule has 3 rings (SSSR count). The maximum Gasteiger partial charge on any atom is 0.407 e. The van der Waals surface area contributed by atoms with Crippen molar-refractivity contribution in [1.82, 2.24) is 19.7 Å². The maximum absolute atomic E-state index is 14.5. The predicted molar refractivity (Wildman–Crippen MR) is 216 cm³/mol. The molecule has 0 aromatic carbocycles. The highest BCUT2D eigenvalue weighted by molar-refractivity contribution is 6.00. The molecular weight excluding hydrogens is 734 g/mol. The minimum Gasteiger partial charge on any atom is -0.465 e. The van der Waals surface area contributed by atoms with E-state index in [-0.39, 0.29) is 37.3 Å². The Morgan fingerprint density at radius 1 is 1.04 bits per heavy atom. The quantitative estimate of drug-likeness (QED) is 0.144. The molecule has 57 heavy (non-hydrogen) atoms. The molecule has 0 bridgehead atoms. The molecule has 3 heterocycles. The molecule has 1 aromatic heterocycles. The molecule has 1 aromatic rings. The van der Waals surface area contributed by atoms with Crippen LogP contribution in [0, 0.1) is 23.7 Å². The van der Waals surface area contributed by atoms with Gasteiger partial charge in [0.05, 0.1) is 23.5 Å². The van der Waals surface area contributed by atoms with Crippen molar-refractivity contribution in [2.75, 3.05) is 41.3 Å². The number of ketones is 2. The summed E-state index contributed by atoms with van der Waals surface area (Å²) in [6.07, 6.45) is 1.89. The molecule has 1 amide bonds. The van der Waals surface area contributed by atoms with Crippen LogP contribution in [-0.2, 0) is 33.3 Å². The lowest BCUT2D eigenvalue weighted by Crippen LogP contribution is -2.59. The van der Waals surface area contributed by atoms with Gasteiger partial charge < -0.3 is 49.6 Å². The lowest BCUT2D eigenvalue weighted by molar-refractivity contribution is -0.295. The Hall–Kier alpha value is -3.63. The number of carbonyl (C=O) groups is 4. The number of aromatic nitrogens is 1. The van der Waals surface area contributed by atoms with E-state index in [0.717, 1.165) is 5.56 Å². The molecule has 2 aliphatic heterocycles. The Morgan fingerprint density at radius 3 is 2.28 bits per heavy atom. The number of nitrogens with two attached hydrogens (primary N) is 1. The summed E-state index contributed by atoms with van der Waals surface area (Å²) in [6, 6.07) is 2.55. The number of rotatable bonds is 13. The Bertz CT molecular complexity index is 1510. The summed E-state index contributed by atoms with van der Waals surface area (Å²) >= 11 is 0. The predicted octanol–water partition coefficient (Wildman–Crippen LogP) is 4.41. The van der Waals surface area contributed by atoms with E-state index in [1.54, 1.807) is 46.2 Å². The van der Waals surface area contributed by atoms with E-state index >= 15 is 0 Å². The van der Waals surface area contributed by atoms with Crippen molar-refractivity contribution in [2.24, 2.45) is 29.4 Å². The van der Waals surface area contributed by atoms with Gasteiger partial charge in [0, 0.05) is 87.7 Å². The third-order valence-corrected chi connectivity index (χ3v) is 11.9. The first-order chi connectivity index (χ1) is 26.8. The fourth-order valence-electron chi connectivity index (χ4n) is 8.30. The molecule has 4 N–H and O–H groups in total. The first-order valence-corrected chi connectivity index (χ1v) is 20.3. The zero-order valence-corrected chi connectivity index (χ0v) is 35.9. The number of hydrogen-bond acceptors (Lipinski definition) is 13. The van der Waals surface area contributed by atoms with Crippen LogP contribution in [0.15, 0.2) is 30.7 Å². The molecule has 2 aliphatic rings. The van der Waals surface area contributed by atoms with Gasteiger partial charge in [-0.2, -0.15) is 0 Å². The van der Waals surface area contributed by atoms with Gasteiger partial charge in [-0.25, -0.2) is 4.79 Å². The van der Waals surface area contributed by atoms with Crippen LogP contribution in [-0.4, -0.2) is 143 Å². The number of aliphatic hydroxyl groups is 1. The van der Waals surface area contributed by atoms with Crippen molar-refractivity contribution in [1.29, 1.82) is 0 Å². The number of methoxy groups -OCH3 is 1. The number of unbranched alkanes of at least 4 members (excludes halogenated alkanes) is 1. The Balaban J connectivity index is 1.94. The van der Waals surface area contributed by atoms with Crippen molar-refractivity contribution in [3.8, 4) is 0 Å². The van der Waals surface area contributed by atoms with Crippen LogP contribution in [0.25, 0.3) is 5.70 Å². The molecule has 0 aliphatic carbocycles. The second-order valence-electron chi connectivity index (χ2n) is 16.6. The number of hydrogen-bond donors (Lipinski definition) is 3. The number of ether oxygens (including phenoxy) is 4. The standard InChI is InChI=1S/C42H69N5O10/c1-12-31-21-33(47(41(52)53)19-14-13-18-46(10)24-32(43)30-16-15-17-44-23-30)27(4)35(48)25(2)22-42(7,54-11)38(28(5)36(49)29(6)39(51)56-31)57-40-37(50)34(45(8)9)20-26(3)55-40/h15-17,23-29,31,33-34,37-38,40,50H,12-14,18-22,43H2,1-11H3,(H,52,53)/b32-24-/t25-,26-,27-,28+,29-,31-,33+,34+,37-,38-,40+,42+/m1/s1. The molecule has 0 spiro atoms. The van der Waals surface area contributed by atoms with Crippen molar-refractivity contribution < 1.29 is 48.3 Å². The topological polar surface area (TPSA) is 194 Å². The number of aliphatic hydroxyl groups excluding tert-OH is 1. The molecule has 2 saturated heterocycles. The first-order valence-electron chi connectivity index (χ1n) is 20.3. The number of Topliss-reactive ketones (excluding diaryl/α,β-unsaturated/α-hetero) is 2. The fourth-order valence-corrected chi connectivity index (χ4v) is 8.30. The highest BCUT2D eigenvalue weighted by Gasteiger charge is 2.50. The number of esters is 1. The van der Waals surface area contributed by atoms with Crippen molar-refractivity contribution >= 4 is 29.3 Å². The summed E-state index contributed by atoms with van der Waals surface area (Å²) in [5.41, 5.74) is 6.31. The summed E-state index contributed by atoms with van der Waals surface area (Å²) < 4.78 is 24.8. The van der Waals surface area contributed by atoms with Gasteiger partial charge in [-0.05, 0) is 79.1 Å². The van der Waals surface area contributed by atoms with Crippen LogP contribution in [0.5, 0.6) is 0 Å². The Kier molecular flexibility index (Phi) is 17.9. The van der Waals surface area contributed by atoms with Gasteiger partial charge in [0.15, 0.2) is 12.1 Å². The molecule has 12 atom stereocenters. The van der Waals surface area contributed by atoms with E-state index in [2.05, 4.69) is 4.98 Å². The van der Waals surface area contributed by atoms with Crippen LogP contribution in [0.2, 0.25) is 0 Å². The smallest absolute Gasteiger partial charge is 0.407 e. The molecule has 0 saturated carbocycles. The molecule has 2 fully saturated rings. The van der Waals surface area contributed by atoms with Gasteiger partial charge in [0.1, 0.15) is 23.9 Å². The van der Waals surface area contributed by atoms with Crippen molar-refractivity contribution in [3.05, 3.63) is 36.3 Å². The van der Waals surface area contributed by atoms with Gasteiger partial charge in [-0.15, -0.1) is 0 Å². The van der Waals surface area contributed by atoms with Crippen molar-refractivity contribution in [2.45, 2.75) is 135 Å².